The Hall–Kier alpha value is -0.890. The van der Waals surface area contributed by atoms with Gasteiger partial charge in [-0.1, -0.05) is 0 Å². The van der Waals surface area contributed by atoms with Crippen LogP contribution in [0.5, 0.6) is 0 Å². The third-order valence-electron chi connectivity index (χ3n) is 2.68. The molecule has 1 heterocycles. The molecule has 1 aromatic rings. The maximum Gasteiger partial charge on any atom is 0.0270 e. The summed E-state index contributed by atoms with van der Waals surface area (Å²) in [6.07, 6.45) is 7.49. The molecule has 0 atom stereocenters. The monoisotopic (exact) mass is 162 g/mol. The van der Waals surface area contributed by atoms with Crippen molar-refractivity contribution in [2.75, 3.05) is 7.05 Å². The van der Waals surface area contributed by atoms with Gasteiger partial charge in [-0.15, -0.1) is 0 Å². The fourth-order valence-corrected chi connectivity index (χ4v) is 1.56. The second-order valence-corrected chi connectivity index (χ2v) is 3.56. The molecule has 2 nitrogen and oxygen atoms in total. The summed E-state index contributed by atoms with van der Waals surface area (Å²) in [5.41, 5.74) is 1.80. The first kappa shape index (κ1) is 7.74. The first-order chi connectivity index (χ1) is 5.85. The zero-order valence-corrected chi connectivity index (χ0v) is 7.38. The topological polar surface area (TPSA) is 24.9 Å². The summed E-state index contributed by atoms with van der Waals surface area (Å²) in [5.74, 6) is 0. The summed E-state index contributed by atoms with van der Waals surface area (Å²) in [4.78, 5) is 4.00. The molecule has 0 saturated heterocycles. The first-order valence-electron chi connectivity index (χ1n) is 4.42. The number of hydrogen-bond acceptors (Lipinski definition) is 2. The SMILES string of the molecule is CNC1(Cc2ccncc2)CC1. The zero-order valence-electron chi connectivity index (χ0n) is 7.38. The van der Waals surface area contributed by atoms with Crippen molar-refractivity contribution in [3.8, 4) is 0 Å². The molecule has 1 aliphatic rings. The standard InChI is InChI=1S/C10H14N2/c1-11-10(4-5-10)8-9-2-6-12-7-3-9/h2-3,6-7,11H,4-5,8H2,1H3. The highest BCUT2D eigenvalue weighted by molar-refractivity contribution is 5.18. The third-order valence-corrected chi connectivity index (χ3v) is 2.68. The molecule has 2 heteroatoms. The molecule has 0 amide bonds. The van der Waals surface area contributed by atoms with E-state index in [9.17, 15) is 0 Å². The molecule has 0 radical (unpaired) electrons. The number of hydrogen-bond donors (Lipinski definition) is 1. The summed E-state index contributed by atoms with van der Waals surface area (Å²) in [6, 6.07) is 4.19. The summed E-state index contributed by atoms with van der Waals surface area (Å²) in [7, 11) is 2.05. The highest BCUT2D eigenvalue weighted by Gasteiger charge is 2.40. The van der Waals surface area contributed by atoms with E-state index in [1.165, 1.54) is 18.4 Å². The molecule has 1 saturated carbocycles. The lowest BCUT2D eigenvalue weighted by molar-refractivity contribution is 0.548. The minimum absolute atomic E-state index is 0.418. The van der Waals surface area contributed by atoms with Crippen molar-refractivity contribution in [3.05, 3.63) is 30.1 Å². The largest absolute Gasteiger partial charge is 0.314 e. The summed E-state index contributed by atoms with van der Waals surface area (Å²) in [5, 5.41) is 3.38. The van der Waals surface area contributed by atoms with Crippen molar-refractivity contribution in [1.29, 1.82) is 0 Å². The Balaban J connectivity index is 2.04. The molecule has 12 heavy (non-hydrogen) atoms. The van der Waals surface area contributed by atoms with Gasteiger partial charge in [0, 0.05) is 17.9 Å². The predicted octanol–water partition coefficient (Wildman–Crippen LogP) is 1.38. The van der Waals surface area contributed by atoms with E-state index in [1.54, 1.807) is 0 Å². The smallest absolute Gasteiger partial charge is 0.0270 e. The molecule has 0 aliphatic heterocycles. The quantitative estimate of drug-likeness (QED) is 0.726. The molecule has 1 N–H and O–H groups in total. The fraction of sp³-hybridized carbons (Fsp3) is 0.500. The van der Waals surface area contributed by atoms with Crippen LogP contribution in [-0.4, -0.2) is 17.6 Å². The Morgan fingerprint density at radius 1 is 1.42 bits per heavy atom. The lowest BCUT2D eigenvalue weighted by Gasteiger charge is -2.13. The molecule has 1 fully saturated rings. The minimum atomic E-state index is 0.418. The Morgan fingerprint density at radius 3 is 2.58 bits per heavy atom. The van der Waals surface area contributed by atoms with E-state index in [2.05, 4.69) is 22.4 Å². The van der Waals surface area contributed by atoms with E-state index >= 15 is 0 Å². The normalized spacial score (nSPS) is 19.1. The van der Waals surface area contributed by atoms with Gasteiger partial charge >= 0.3 is 0 Å². The summed E-state index contributed by atoms with van der Waals surface area (Å²) in [6.45, 7) is 0. The van der Waals surface area contributed by atoms with Gasteiger partial charge in [0.1, 0.15) is 0 Å². The Bertz CT molecular complexity index is 252. The average molecular weight is 162 g/mol. The highest BCUT2D eigenvalue weighted by Crippen LogP contribution is 2.37. The average Bonchev–Trinajstić information content (AvgIpc) is 2.88. The molecule has 1 aromatic heterocycles. The van der Waals surface area contributed by atoms with Crippen LogP contribution in [0.1, 0.15) is 18.4 Å². The molecule has 0 unspecified atom stereocenters. The maximum atomic E-state index is 4.00. The number of rotatable bonds is 3. The molecule has 0 aromatic carbocycles. The molecule has 0 spiro atoms. The lowest BCUT2D eigenvalue weighted by atomic mass is 10.1. The van der Waals surface area contributed by atoms with Crippen molar-refractivity contribution in [2.24, 2.45) is 0 Å². The second kappa shape index (κ2) is 2.87. The van der Waals surface area contributed by atoms with Gasteiger partial charge in [0.05, 0.1) is 0 Å². The van der Waals surface area contributed by atoms with Crippen LogP contribution in [0.15, 0.2) is 24.5 Å². The lowest BCUT2D eigenvalue weighted by Crippen LogP contribution is -2.29. The summed E-state index contributed by atoms with van der Waals surface area (Å²) >= 11 is 0. The predicted molar refractivity (Wildman–Crippen MR) is 49.0 cm³/mol. The summed E-state index contributed by atoms with van der Waals surface area (Å²) < 4.78 is 0. The van der Waals surface area contributed by atoms with Crippen molar-refractivity contribution < 1.29 is 0 Å². The van der Waals surface area contributed by atoms with Crippen LogP contribution in [0.3, 0.4) is 0 Å². The van der Waals surface area contributed by atoms with Crippen LogP contribution in [0, 0.1) is 0 Å². The van der Waals surface area contributed by atoms with Gasteiger partial charge in [-0.2, -0.15) is 0 Å². The van der Waals surface area contributed by atoms with E-state index in [0.29, 0.717) is 5.54 Å². The van der Waals surface area contributed by atoms with Crippen LogP contribution in [0.4, 0.5) is 0 Å². The van der Waals surface area contributed by atoms with Gasteiger partial charge in [0.25, 0.3) is 0 Å². The van der Waals surface area contributed by atoms with Crippen molar-refractivity contribution in [1.82, 2.24) is 10.3 Å². The third kappa shape index (κ3) is 1.48. The van der Waals surface area contributed by atoms with Crippen molar-refractivity contribution in [3.63, 3.8) is 0 Å². The number of aromatic nitrogens is 1. The van der Waals surface area contributed by atoms with E-state index in [-0.39, 0.29) is 0 Å². The number of likely N-dealkylation sites (N-methyl/N-ethyl adjacent to an activating group) is 1. The molecular weight excluding hydrogens is 148 g/mol. The van der Waals surface area contributed by atoms with E-state index < -0.39 is 0 Å². The van der Waals surface area contributed by atoms with Gasteiger partial charge in [-0.05, 0) is 44.0 Å². The molecule has 2 rings (SSSR count). The molecular formula is C10H14N2. The van der Waals surface area contributed by atoms with Crippen LogP contribution in [0.2, 0.25) is 0 Å². The van der Waals surface area contributed by atoms with Gasteiger partial charge < -0.3 is 5.32 Å². The van der Waals surface area contributed by atoms with Crippen LogP contribution >= 0.6 is 0 Å². The van der Waals surface area contributed by atoms with Gasteiger partial charge in [-0.25, -0.2) is 0 Å². The Kier molecular flexibility index (Phi) is 1.85. The van der Waals surface area contributed by atoms with Gasteiger partial charge in [0.2, 0.25) is 0 Å². The second-order valence-electron chi connectivity index (χ2n) is 3.56. The number of nitrogens with one attached hydrogen (secondary N) is 1. The van der Waals surface area contributed by atoms with E-state index in [1.807, 2.05) is 19.4 Å². The number of pyridine rings is 1. The zero-order chi connectivity index (χ0) is 8.44. The van der Waals surface area contributed by atoms with Crippen molar-refractivity contribution >= 4 is 0 Å². The maximum absolute atomic E-state index is 4.00. The number of nitrogens with zero attached hydrogens (tertiary/aromatic N) is 1. The van der Waals surface area contributed by atoms with E-state index in [4.69, 9.17) is 0 Å². The molecule has 0 bridgehead atoms. The first-order valence-corrected chi connectivity index (χ1v) is 4.42. The van der Waals surface area contributed by atoms with Crippen LogP contribution in [-0.2, 0) is 6.42 Å². The van der Waals surface area contributed by atoms with Crippen molar-refractivity contribution in [2.45, 2.75) is 24.8 Å². The van der Waals surface area contributed by atoms with E-state index in [0.717, 1.165) is 6.42 Å². The van der Waals surface area contributed by atoms with Gasteiger partial charge in [0.15, 0.2) is 0 Å². The van der Waals surface area contributed by atoms with Crippen LogP contribution in [0.25, 0.3) is 0 Å². The molecule has 1 aliphatic carbocycles. The highest BCUT2D eigenvalue weighted by atomic mass is 15.0. The van der Waals surface area contributed by atoms with Crippen LogP contribution < -0.4 is 5.32 Å². The molecule has 64 valence electrons. The fourth-order valence-electron chi connectivity index (χ4n) is 1.56. The Morgan fingerprint density at radius 2 is 2.08 bits per heavy atom. The minimum Gasteiger partial charge on any atom is -0.314 e. The van der Waals surface area contributed by atoms with Gasteiger partial charge in [-0.3, -0.25) is 4.98 Å². The Labute approximate surface area is 73.0 Å².